The average molecular weight is 330 g/mol. The van der Waals surface area contributed by atoms with Crippen LogP contribution in [0.3, 0.4) is 0 Å². The van der Waals surface area contributed by atoms with Crippen molar-refractivity contribution < 1.29 is 8.78 Å². The van der Waals surface area contributed by atoms with Gasteiger partial charge < -0.3 is 5.32 Å². The highest BCUT2D eigenvalue weighted by Crippen LogP contribution is 2.30. The van der Waals surface area contributed by atoms with Gasteiger partial charge in [0.05, 0.1) is 16.7 Å². The van der Waals surface area contributed by atoms with Crippen molar-refractivity contribution in [3.05, 3.63) is 51.8 Å². The fraction of sp³-hybridized carbons (Fsp3) is 0.308. The number of hydrogen-bond acceptors (Lipinski definition) is 2. The van der Waals surface area contributed by atoms with Crippen molar-refractivity contribution >= 4 is 15.9 Å². The van der Waals surface area contributed by atoms with E-state index < -0.39 is 17.7 Å². The fourth-order valence-corrected chi connectivity index (χ4v) is 2.33. The van der Waals surface area contributed by atoms with Gasteiger partial charge in [0, 0.05) is 24.4 Å². The Morgan fingerprint density at radius 2 is 2.16 bits per heavy atom. The number of rotatable bonds is 4. The highest BCUT2D eigenvalue weighted by atomic mass is 79.9. The van der Waals surface area contributed by atoms with Gasteiger partial charge in [-0.2, -0.15) is 5.10 Å². The molecule has 0 saturated carbocycles. The summed E-state index contributed by atoms with van der Waals surface area (Å²) in [6, 6.07) is 2.06. The Bertz CT molecular complexity index is 583. The molecule has 1 atom stereocenters. The Kier molecular flexibility index (Phi) is 4.31. The maximum atomic E-state index is 14.2. The summed E-state index contributed by atoms with van der Waals surface area (Å²) in [6.45, 7) is 2.47. The van der Waals surface area contributed by atoms with Gasteiger partial charge >= 0.3 is 0 Å². The maximum absolute atomic E-state index is 14.2. The fourth-order valence-electron chi connectivity index (χ4n) is 1.99. The van der Waals surface area contributed by atoms with E-state index in [4.69, 9.17) is 0 Å². The molecule has 2 rings (SSSR count). The van der Waals surface area contributed by atoms with Crippen LogP contribution in [-0.2, 0) is 7.05 Å². The van der Waals surface area contributed by atoms with E-state index in [-0.39, 0.29) is 10.0 Å². The smallest absolute Gasteiger partial charge is 0.145 e. The number of nitrogens with one attached hydrogen (secondary N) is 1. The van der Waals surface area contributed by atoms with E-state index in [0.29, 0.717) is 6.54 Å². The SMILES string of the molecule is CCNC(c1cnn(C)c1)c1c(F)ccc(Br)c1F. The largest absolute Gasteiger partial charge is 0.306 e. The number of aryl methyl sites for hydroxylation is 1. The van der Waals surface area contributed by atoms with Crippen molar-refractivity contribution in [2.24, 2.45) is 7.05 Å². The molecule has 2 aromatic rings. The monoisotopic (exact) mass is 329 g/mol. The lowest BCUT2D eigenvalue weighted by Gasteiger charge is -2.18. The molecule has 19 heavy (non-hydrogen) atoms. The Morgan fingerprint density at radius 3 is 2.74 bits per heavy atom. The summed E-state index contributed by atoms with van der Waals surface area (Å²) in [5, 5.41) is 7.13. The normalized spacial score (nSPS) is 12.7. The summed E-state index contributed by atoms with van der Waals surface area (Å²) in [5.74, 6) is -1.16. The molecule has 1 N–H and O–H groups in total. The van der Waals surface area contributed by atoms with Crippen molar-refractivity contribution in [2.45, 2.75) is 13.0 Å². The lowest BCUT2D eigenvalue weighted by Crippen LogP contribution is -2.24. The van der Waals surface area contributed by atoms with Crippen LogP contribution >= 0.6 is 15.9 Å². The van der Waals surface area contributed by atoms with Gasteiger partial charge in [-0.25, -0.2) is 8.78 Å². The van der Waals surface area contributed by atoms with E-state index in [1.807, 2.05) is 6.92 Å². The van der Waals surface area contributed by atoms with Crippen LogP contribution in [0.1, 0.15) is 24.1 Å². The highest BCUT2D eigenvalue weighted by molar-refractivity contribution is 9.10. The average Bonchev–Trinajstić information content (AvgIpc) is 2.80. The summed E-state index contributed by atoms with van der Waals surface area (Å²) in [7, 11) is 1.76. The second kappa shape index (κ2) is 5.79. The van der Waals surface area contributed by atoms with E-state index in [2.05, 4.69) is 26.3 Å². The molecule has 6 heteroatoms. The number of aromatic nitrogens is 2. The first kappa shape index (κ1) is 14.1. The van der Waals surface area contributed by atoms with Crippen molar-refractivity contribution in [3.63, 3.8) is 0 Å². The second-order valence-electron chi connectivity index (χ2n) is 4.19. The Labute approximate surface area is 118 Å². The van der Waals surface area contributed by atoms with E-state index >= 15 is 0 Å². The predicted molar refractivity (Wildman–Crippen MR) is 72.8 cm³/mol. The molecular weight excluding hydrogens is 316 g/mol. The van der Waals surface area contributed by atoms with Crippen LogP contribution in [0.25, 0.3) is 0 Å². The molecule has 3 nitrogen and oxygen atoms in total. The molecule has 0 aliphatic carbocycles. The van der Waals surface area contributed by atoms with E-state index in [0.717, 1.165) is 5.56 Å². The third-order valence-corrected chi connectivity index (χ3v) is 3.45. The zero-order valence-electron chi connectivity index (χ0n) is 10.6. The van der Waals surface area contributed by atoms with Gasteiger partial charge in [0.1, 0.15) is 11.6 Å². The topological polar surface area (TPSA) is 29.9 Å². The van der Waals surface area contributed by atoms with Crippen LogP contribution in [0.15, 0.2) is 29.0 Å². The quantitative estimate of drug-likeness (QED) is 0.873. The predicted octanol–water partition coefficient (Wildman–Crippen LogP) is 3.16. The van der Waals surface area contributed by atoms with Crippen LogP contribution in [0, 0.1) is 11.6 Å². The van der Waals surface area contributed by atoms with E-state index in [1.165, 1.54) is 12.1 Å². The van der Waals surface area contributed by atoms with Gasteiger partial charge in [-0.15, -0.1) is 0 Å². The van der Waals surface area contributed by atoms with Crippen LogP contribution in [0.5, 0.6) is 0 Å². The van der Waals surface area contributed by atoms with Crippen LogP contribution < -0.4 is 5.32 Å². The molecule has 0 spiro atoms. The van der Waals surface area contributed by atoms with Gasteiger partial charge in [0.25, 0.3) is 0 Å². The third-order valence-electron chi connectivity index (χ3n) is 2.83. The first-order chi connectivity index (χ1) is 9.04. The molecule has 0 amide bonds. The van der Waals surface area contributed by atoms with E-state index in [1.54, 1.807) is 24.1 Å². The number of nitrogens with zero attached hydrogens (tertiary/aromatic N) is 2. The molecule has 1 heterocycles. The first-order valence-corrected chi connectivity index (χ1v) is 6.69. The summed E-state index contributed by atoms with van der Waals surface area (Å²) in [4.78, 5) is 0. The number of halogens is 3. The third kappa shape index (κ3) is 2.84. The Hall–Kier alpha value is -1.27. The minimum Gasteiger partial charge on any atom is -0.306 e. The molecule has 0 aliphatic rings. The Morgan fingerprint density at radius 1 is 1.42 bits per heavy atom. The van der Waals surface area contributed by atoms with E-state index in [9.17, 15) is 8.78 Å². The van der Waals surface area contributed by atoms with Crippen LogP contribution in [-0.4, -0.2) is 16.3 Å². The Balaban J connectivity index is 2.53. The summed E-state index contributed by atoms with van der Waals surface area (Å²) < 4.78 is 30.0. The lowest BCUT2D eigenvalue weighted by molar-refractivity contribution is 0.507. The molecule has 0 radical (unpaired) electrons. The molecule has 102 valence electrons. The van der Waals surface area contributed by atoms with Gasteiger partial charge in [0.15, 0.2) is 0 Å². The molecule has 1 aromatic heterocycles. The summed E-state index contributed by atoms with van der Waals surface area (Å²) in [6.07, 6.45) is 3.35. The molecule has 0 fully saturated rings. The van der Waals surface area contributed by atoms with Crippen molar-refractivity contribution in [1.82, 2.24) is 15.1 Å². The number of hydrogen-bond donors (Lipinski definition) is 1. The van der Waals surface area contributed by atoms with Gasteiger partial charge in [0.2, 0.25) is 0 Å². The minimum atomic E-state index is -0.588. The van der Waals surface area contributed by atoms with Crippen LogP contribution in [0.2, 0.25) is 0 Å². The summed E-state index contributed by atoms with van der Waals surface area (Å²) >= 11 is 3.09. The van der Waals surface area contributed by atoms with Crippen molar-refractivity contribution in [3.8, 4) is 0 Å². The summed E-state index contributed by atoms with van der Waals surface area (Å²) in [5.41, 5.74) is 0.726. The molecule has 0 saturated heterocycles. The van der Waals surface area contributed by atoms with Crippen molar-refractivity contribution in [1.29, 1.82) is 0 Å². The molecule has 0 aliphatic heterocycles. The number of benzene rings is 1. The first-order valence-electron chi connectivity index (χ1n) is 5.90. The zero-order valence-corrected chi connectivity index (χ0v) is 12.2. The highest BCUT2D eigenvalue weighted by Gasteiger charge is 2.23. The zero-order chi connectivity index (χ0) is 14.0. The molecular formula is C13H14BrF2N3. The minimum absolute atomic E-state index is 0.00391. The second-order valence-corrected chi connectivity index (χ2v) is 5.05. The van der Waals surface area contributed by atoms with Gasteiger partial charge in [-0.3, -0.25) is 4.68 Å². The van der Waals surface area contributed by atoms with Crippen molar-refractivity contribution in [2.75, 3.05) is 6.54 Å². The van der Waals surface area contributed by atoms with Gasteiger partial charge in [-0.1, -0.05) is 6.92 Å². The maximum Gasteiger partial charge on any atom is 0.145 e. The standard InChI is InChI=1S/C13H14BrF2N3/c1-3-17-13(8-6-18-19(2)7-8)11-10(15)5-4-9(14)12(11)16/h4-7,13,17H,3H2,1-2H3. The molecule has 0 bridgehead atoms. The molecule has 1 unspecified atom stereocenters. The van der Waals surface area contributed by atoms with Gasteiger partial charge in [-0.05, 0) is 34.6 Å². The van der Waals surface area contributed by atoms with Crippen LogP contribution in [0.4, 0.5) is 8.78 Å². The lowest BCUT2D eigenvalue weighted by atomic mass is 10.0. The molecule has 1 aromatic carbocycles.